The maximum absolute atomic E-state index is 12.0. The average Bonchev–Trinajstić information content (AvgIpc) is 3.03. The van der Waals surface area contributed by atoms with Gasteiger partial charge in [-0.3, -0.25) is 19.9 Å². The number of rotatable bonds is 5. The lowest BCUT2D eigenvalue weighted by Crippen LogP contribution is -2.33. The SMILES string of the molecule is CN1CC(=O)N(CCCC(=O)Nn2cnc3ccccc32)C1=O. The Morgan fingerprint density at radius 3 is 2.83 bits per heavy atom. The fourth-order valence-electron chi connectivity index (χ4n) is 2.53. The highest BCUT2D eigenvalue weighted by molar-refractivity contribution is 6.01. The zero-order valence-corrected chi connectivity index (χ0v) is 12.7. The number of nitrogens with zero attached hydrogens (tertiary/aromatic N) is 4. The minimum Gasteiger partial charge on any atom is -0.318 e. The second-order valence-electron chi connectivity index (χ2n) is 5.43. The lowest BCUT2D eigenvalue weighted by molar-refractivity contribution is -0.125. The summed E-state index contributed by atoms with van der Waals surface area (Å²) in [5.74, 6) is -0.417. The van der Waals surface area contributed by atoms with Gasteiger partial charge in [-0.25, -0.2) is 14.5 Å². The van der Waals surface area contributed by atoms with Crippen LogP contribution in [0.15, 0.2) is 30.6 Å². The Morgan fingerprint density at radius 2 is 2.09 bits per heavy atom. The van der Waals surface area contributed by atoms with Crippen molar-refractivity contribution in [2.24, 2.45) is 0 Å². The number of benzene rings is 1. The minimum atomic E-state index is -0.309. The van der Waals surface area contributed by atoms with Crippen molar-refractivity contribution >= 4 is 28.9 Å². The molecule has 23 heavy (non-hydrogen) atoms. The van der Waals surface area contributed by atoms with E-state index in [1.165, 1.54) is 9.80 Å². The lowest BCUT2D eigenvalue weighted by atomic mass is 10.3. The molecule has 1 fully saturated rings. The number of aromatic nitrogens is 2. The molecule has 3 rings (SSSR count). The van der Waals surface area contributed by atoms with Crippen molar-refractivity contribution in [1.29, 1.82) is 0 Å². The van der Waals surface area contributed by atoms with Crippen LogP contribution in [-0.2, 0) is 9.59 Å². The number of carbonyl (C=O) groups is 3. The number of carbonyl (C=O) groups excluding carboxylic acids is 3. The summed E-state index contributed by atoms with van der Waals surface area (Å²) in [5.41, 5.74) is 4.35. The quantitative estimate of drug-likeness (QED) is 0.826. The van der Waals surface area contributed by atoms with Crippen LogP contribution in [0.2, 0.25) is 0 Å². The van der Waals surface area contributed by atoms with Gasteiger partial charge in [-0.15, -0.1) is 0 Å². The molecule has 0 radical (unpaired) electrons. The van der Waals surface area contributed by atoms with E-state index in [-0.39, 0.29) is 37.4 Å². The van der Waals surface area contributed by atoms with Crippen molar-refractivity contribution in [2.75, 3.05) is 25.6 Å². The first kappa shape index (κ1) is 15.0. The third kappa shape index (κ3) is 3.01. The molecule has 0 bridgehead atoms. The zero-order chi connectivity index (χ0) is 16.4. The van der Waals surface area contributed by atoms with Crippen molar-refractivity contribution in [3.63, 3.8) is 0 Å². The first-order chi connectivity index (χ1) is 11.1. The van der Waals surface area contributed by atoms with E-state index in [4.69, 9.17) is 0 Å². The van der Waals surface area contributed by atoms with Gasteiger partial charge in [0.05, 0.1) is 11.0 Å². The molecule has 0 saturated carbocycles. The molecule has 1 aromatic carbocycles. The molecule has 1 aliphatic heterocycles. The Labute approximate surface area is 132 Å². The molecule has 4 amide bonds. The van der Waals surface area contributed by atoms with Crippen LogP contribution in [0, 0.1) is 0 Å². The Hall–Kier alpha value is -2.90. The standard InChI is InChI=1S/C15H17N5O3/c1-18-9-14(22)19(15(18)23)8-4-7-13(21)17-20-10-16-11-5-2-3-6-12(11)20/h2-3,5-6,10H,4,7-9H2,1H3,(H,17,21). The normalized spacial score (nSPS) is 14.8. The number of para-hydroxylation sites is 2. The Morgan fingerprint density at radius 1 is 1.30 bits per heavy atom. The molecule has 120 valence electrons. The number of hydrogen-bond donors (Lipinski definition) is 1. The highest BCUT2D eigenvalue weighted by atomic mass is 16.2. The monoisotopic (exact) mass is 315 g/mol. The summed E-state index contributed by atoms with van der Waals surface area (Å²) in [6, 6.07) is 7.16. The van der Waals surface area contributed by atoms with Crippen LogP contribution < -0.4 is 5.43 Å². The summed E-state index contributed by atoms with van der Waals surface area (Å²) in [7, 11) is 1.58. The second kappa shape index (κ2) is 6.07. The molecule has 1 saturated heterocycles. The van der Waals surface area contributed by atoms with E-state index in [1.807, 2.05) is 24.3 Å². The van der Waals surface area contributed by atoms with Gasteiger partial charge in [-0.1, -0.05) is 12.1 Å². The largest absolute Gasteiger partial charge is 0.326 e. The predicted octanol–water partition coefficient (Wildman–Crippen LogP) is 0.781. The van der Waals surface area contributed by atoms with Crippen LogP contribution in [0.5, 0.6) is 0 Å². The summed E-state index contributed by atoms with van der Waals surface area (Å²) in [6.07, 6.45) is 2.18. The fraction of sp³-hybridized carbons (Fsp3) is 0.333. The van der Waals surface area contributed by atoms with E-state index >= 15 is 0 Å². The number of imidazole rings is 1. The molecule has 0 aliphatic carbocycles. The van der Waals surface area contributed by atoms with Gasteiger partial charge in [0.25, 0.3) is 0 Å². The van der Waals surface area contributed by atoms with E-state index in [1.54, 1.807) is 18.1 Å². The van der Waals surface area contributed by atoms with Gasteiger partial charge in [0.2, 0.25) is 11.8 Å². The first-order valence-corrected chi connectivity index (χ1v) is 7.33. The lowest BCUT2D eigenvalue weighted by Gasteiger charge is -2.13. The van der Waals surface area contributed by atoms with E-state index in [0.29, 0.717) is 6.42 Å². The summed E-state index contributed by atoms with van der Waals surface area (Å²) < 4.78 is 1.57. The van der Waals surface area contributed by atoms with Crippen LogP contribution in [0.3, 0.4) is 0 Å². The number of imide groups is 1. The van der Waals surface area contributed by atoms with Gasteiger partial charge in [-0.05, 0) is 18.6 Å². The van der Waals surface area contributed by atoms with E-state index in [2.05, 4.69) is 10.4 Å². The molecule has 1 N–H and O–H groups in total. The van der Waals surface area contributed by atoms with Crippen LogP contribution in [-0.4, -0.2) is 57.4 Å². The van der Waals surface area contributed by atoms with E-state index < -0.39 is 0 Å². The molecule has 0 spiro atoms. The first-order valence-electron chi connectivity index (χ1n) is 7.33. The maximum Gasteiger partial charge on any atom is 0.326 e. The number of fused-ring (bicyclic) bond motifs is 1. The summed E-state index contributed by atoms with van der Waals surface area (Å²) in [6.45, 7) is 0.353. The van der Waals surface area contributed by atoms with Gasteiger partial charge in [0.15, 0.2) is 0 Å². The highest BCUT2D eigenvalue weighted by Gasteiger charge is 2.32. The molecule has 0 atom stereocenters. The summed E-state index contributed by atoms with van der Waals surface area (Å²) in [5, 5.41) is 0. The number of nitrogens with one attached hydrogen (secondary N) is 1. The van der Waals surface area contributed by atoms with Crippen LogP contribution in [0.1, 0.15) is 12.8 Å². The predicted molar refractivity (Wildman–Crippen MR) is 83.1 cm³/mol. The smallest absolute Gasteiger partial charge is 0.318 e. The molecule has 8 nitrogen and oxygen atoms in total. The highest BCUT2D eigenvalue weighted by Crippen LogP contribution is 2.11. The van der Waals surface area contributed by atoms with Crippen molar-refractivity contribution < 1.29 is 14.4 Å². The van der Waals surface area contributed by atoms with Crippen molar-refractivity contribution in [3.8, 4) is 0 Å². The van der Waals surface area contributed by atoms with E-state index in [9.17, 15) is 14.4 Å². The number of amides is 4. The van der Waals surface area contributed by atoms with Gasteiger partial charge < -0.3 is 4.90 Å². The fourth-order valence-corrected chi connectivity index (χ4v) is 2.53. The Bertz CT molecular complexity index is 769. The summed E-state index contributed by atoms with van der Waals surface area (Å²) in [4.78, 5) is 42.1. The van der Waals surface area contributed by atoms with Gasteiger partial charge in [0, 0.05) is 20.0 Å². The van der Waals surface area contributed by atoms with Gasteiger partial charge in [-0.2, -0.15) is 0 Å². The molecule has 8 heteroatoms. The number of hydrogen-bond acceptors (Lipinski definition) is 4. The summed E-state index contributed by atoms with van der Waals surface area (Å²) >= 11 is 0. The topological polar surface area (TPSA) is 87.5 Å². The molecule has 2 heterocycles. The zero-order valence-electron chi connectivity index (χ0n) is 12.7. The minimum absolute atomic E-state index is 0.103. The van der Waals surface area contributed by atoms with Crippen LogP contribution in [0.4, 0.5) is 4.79 Å². The van der Waals surface area contributed by atoms with Gasteiger partial charge >= 0.3 is 6.03 Å². The van der Waals surface area contributed by atoms with Crippen molar-refractivity contribution in [1.82, 2.24) is 19.5 Å². The molecule has 1 aromatic heterocycles. The van der Waals surface area contributed by atoms with Crippen LogP contribution in [0.25, 0.3) is 11.0 Å². The third-order valence-electron chi connectivity index (χ3n) is 3.72. The molecular weight excluding hydrogens is 298 g/mol. The number of urea groups is 1. The van der Waals surface area contributed by atoms with Crippen molar-refractivity contribution in [2.45, 2.75) is 12.8 Å². The van der Waals surface area contributed by atoms with E-state index in [0.717, 1.165) is 11.0 Å². The second-order valence-corrected chi connectivity index (χ2v) is 5.43. The molecule has 0 unspecified atom stereocenters. The van der Waals surface area contributed by atoms with Crippen LogP contribution >= 0.6 is 0 Å². The maximum atomic E-state index is 12.0. The van der Waals surface area contributed by atoms with Crippen molar-refractivity contribution in [3.05, 3.63) is 30.6 Å². The number of likely N-dealkylation sites (N-methyl/N-ethyl adjacent to an activating group) is 1. The molecule has 2 aromatic rings. The Balaban J connectivity index is 1.52. The molecular formula is C15H17N5O3. The third-order valence-corrected chi connectivity index (χ3v) is 3.72. The average molecular weight is 315 g/mol. The Kier molecular flexibility index (Phi) is 3.96. The molecule has 1 aliphatic rings. The van der Waals surface area contributed by atoms with Gasteiger partial charge in [0.1, 0.15) is 12.9 Å².